The first-order chi connectivity index (χ1) is 12.5. The zero-order valence-electron chi connectivity index (χ0n) is 13.2. The monoisotopic (exact) mass is 421 g/mol. The number of nitrogens with zero attached hydrogens (tertiary/aromatic N) is 1. The first-order valence-corrected chi connectivity index (χ1v) is 9.15. The van der Waals surface area contributed by atoms with E-state index in [0.29, 0.717) is 0 Å². The Hall–Kier alpha value is -1.91. The maximum Gasteiger partial charge on any atom is 0.198 e. The summed E-state index contributed by atoms with van der Waals surface area (Å²) in [6.45, 7) is 0. The molecule has 1 aliphatic carbocycles. The Kier molecular flexibility index (Phi) is 4.49. The molecular formula is C19H11Cl4N3. The fourth-order valence-corrected chi connectivity index (χ4v) is 3.86. The summed E-state index contributed by atoms with van der Waals surface area (Å²) in [4.78, 5) is 4.28. The normalized spacial score (nSPS) is 12.8. The van der Waals surface area contributed by atoms with Crippen LogP contribution in [-0.4, -0.2) is 5.96 Å². The zero-order chi connectivity index (χ0) is 18.4. The van der Waals surface area contributed by atoms with Crippen LogP contribution in [0.15, 0.2) is 41.4 Å². The Morgan fingerprint density at radius 2 is 1.54 bits per heavy atom. The summed E-state index contributed by atoms with van der Waals surface area (Å²) in [5.41, 5.74) is 9.47. The van der Waals surface area contributed by atoms with E-state index in [1.165, 1.54) is 22.6 Å². The summed E-state index contributed by atoms with van der Waals surface area (Å²) in [5.74, 6) is 0.124. The lowest BCUT2D eigenvalue weighted by atomic mass is 10.0. The molecule has 26 heavy (non-hydrogen) atoms. The molecule has 0 spiro atoms. The molecule has 0 saturated heterocycles. The van der Waals surface area contributed by atoms with Gasteiger partial charge in [0.2, 0.25) is 0 Å². The minimum Gasteiger partial charge on any atom is -0.369 e. The average molecular weight is 423 g/mol. The number of halogens is 4. The van der Waals surface area contributed by atoms with Crippen molar-refractivity contribution in [2.75, 3.05) is 5.32 Å². The highest BCUT2D eigenvalue weighted by Crippen LogP contribution is 2.43. The lowest BCUT2D eigenvalue weighted by molar-refractivity contribution is 1.44. The van der Waals surface area contributed by atoms with Gasteiger partial charge in [-0.2, -0.15) is 0 Å². The summed E-state index contributed by atoms with van der Waals surface area (Å²) in [7, 11) is 0. The molecule has 1 aliphatic rings. The van der Waals surface area contributed by atoms with Gasteiger partial charge in [-0.25, -0.2) is 4.99 Å². The van der Waals surface area contributed by atoms with Gasteiger partial charge >= 0.3 is 0 Å². The largest absolute Gasteiger partial charge is 0.369 e. The maximum absolute atomic E-state index is 6.19. The van der Waals surface area contributed by atoms with E-state index < -0.39 is 0 Å². The Morgan fingerprint density at radius 1 is 0.885 bits per heavy atom. The minimum atomic E-state index is 0.124. The molecule has 3 aromatic rings. The minimum absolute atomic E-state index is 0.124. The van der Waals surface area contributed by atoms with Crippen molar-refractivity contribution < 1.29 is 0 Å². The molecule has 3 nitrogen and oxygen atoms in total. The van der Waals surface area contributed by atoms with Crippen molar-refractivity contribution in [1.82, 2.24) is 0 Å². The molecule has 4 rings (SSSR count). The smallest absolute Gasteiger partial charge is 0.198 e. The third-order valence-corrected chi connectivity index (χ3v) is 5.69. The maximum atomic E-state index is 6.19. The van der Waals surface area contributed by atoms with Crippen LogP contribution in [0.1, 0.15) is 11.1 Å². The van der Waals surface area contributed by atoms with Crippen LogP contribution < -0.4 is 11.1 Å². The van der Waals surface area contributed by atoms with Crippen LogP contribution in [0, 0.1) is 0 Å². The fraction of sp³-hybridized carbons (Fsp3) is 0. The van der Waals surface area contributed by atoms with Gasteiger partial charge in [-0.3, -0.25) is 0 Å². The predicted molar refractivity (Wildman–Crippen MR) is 114 cm³/mol. The topological polar surface area (TPSA) is 50.4 Å². The van der Waals surface area contributed by atoms with Crippen LogP contribution in [0.2, 0.25) is 20.1 Å². The van der Waals surface area contributed by atoms with E-state index in [1.807, 2.05) is 24.3 Å². The molecule has 0 heterocycles. The van der Waals surface area contributed by atoms with Crippen LogP contribution >= 0.6 is 46.4 Å². The van der Waals surface area contributed by atoms with Crippen molar-refractivity contribution in [3.05, 3.63) is 67.6 Å². The van der Waals surface area contributed by atoms with Crippen molar-refractivity contribution in [1.29, 1.82) is 0 Å². The van der Waals surface area contributed by atoms with E-state index in [9.17, 15) is 0 Å². The van der Waals surface area contributed by atoms with E-state index in [0.717, 1.165) is 11.1 Å². The SMILES string of the molecule is NC(=Nc1c(Cl)c(Cl)cc(Cl)c1Cl)Nc1ccc2c3c(cccc13)C=C2. The highest BCUT2D eigenvalue weighted by Gasteiger charge is 2.15. The molecule has 130 valence electrons. The molecular weight excluding hydrogens is 412 g/mol. The second kappa shape index (κ2) is 6.67. The van der Waals surface area contributed by atoms with Crippen LogP contribution in [0.25, 0.3) is 22.9 Å². The number of hydrogen-bond acceptors (Lipinski definition) is 1. The summed E-state index contributed by atoms with van der Waals surface area (Å²) < 4.78 is 0. The van der Waals surface area contributed by atoms with Gasteiger partial charge in [-0.15, -0.1) is 0 Å². The predicted octanol–water partition coefficient (Wildman–Crippen LogP) is 7.00. The highest BCUT2D eigenvalue weighted by atomic mass is 35.5. The van der Waals surface area contributed by atoms with E-state index in [-0.39, 0.29) is 31.7 Å². The summed E-state index contributed by atoms with van der Waals surface area (Å²) in [5, 5.41) is 6.21. The van der Waals surface area contributed by atoms with Crippen LogP contribution in [0.5, 0.6) is 0 Å². The second-order valence-corrected chi connectivity index (χ2v) is 7.31. The average Bonchev–Trinajstić information content (AvgIpc) is 3.04. The van der Waals surface area contributed by atoms with Crippen molar-refractivity contribution in [3.63, 3.8) is 0 Å². The Morgan fingerprint density at radius 3 is 2.23 bits per heavy atom. The lowest BCUT2D eigenvalue weighted by Gasteiger charge is -2.12. The fourth-order valence-electron chi connectivity index (χ4n) is 2.97. The van der Waals surface area contributed by atoms with Gasteiger partial charge in [-0.1, -0.05) is 82.8 Å². The van der Waals surface area contributed by atoms with E-state index in [1.54, 1.807) is 0 Å². The van der Waals surface area contributed by atoms with E-state index in [4.69, 9.17) is 52.1 Å². The summed E-state index contributed by atoms with van der Waals surface area (Å²) in [6.07, 6.45) is 4.18. The van der Waals surface area contributed by atoms with Crippen LogP contribution in [0.4, 0.5) is 11.4 Å². The molecule has 0 atom stereocenters. The number of aliphatic imine (C=N–C) groups is 1. The molecule has 0 bridgehead atoms. The zero-order valence-corrected chi connectivity index (χ0v) is 16.2. The van der Waals surface area contributed by atoms with Gasteiger partial charge < -0.3 is 11.1 Å². The number of anilines is 1. The third kappa shape index (κ3) is 2.91. The molecule has 3 aromatic carbocycles. The van der Waals surface area contributed by atoms with E-state index in [2.05, 4.69) is 28.5 Å². The summed E-state index contributed by atoms with van der Waals surface area (Å²) >= 11 is 24.5. The third-order valence-electron chi connectivity index (χ3n) is 4.13. The van der Waals surface area contributed by atoms with Gasteiger partial charge in [-0.05, 0) is 28.6 Å². The number of rotatable bonds is 2. The molecule has 0 saturated carbocycles. The molecule has 0 aliphatic heterocycles. The summed E-state index contributed by atoms with van der Waals surface area (Å²) in [6, 6.07) is 11.5. The van der Waals surface area contributed by atoms with E-state index >= 15 is 0 Å². The molecule has 7 heteroatoms. The van der Waals surface area contributed by atoms with Gasteiger partial charge in [0.1, 0.15) is 5.69 Å². The first-order valence-electron chi connectivity index (χ1n) is 7.63. The van der Waals surface area contributed by atoms with Gasteiger partial charge in [0, 0.05) is 11.1 Å². The molecule has 0 fully saturated rings. The first kappa shape index (κ1) is 17.5. The Labute approximate surface area is 170 Å². The van der Waals surface area contributed by atoms with Crippen molar-refractivity contribution in [2.45, 2.75) is 0 Å². The molecule has 3 N–H and O–H groups in total. The number of benzene rings is 3. The second-order valence-electron chi connectivity index (χ2n) is 5.74. The molecule has 0 aromatic heterocycles. The quantitative estimate of drug-likeness (QED) is 0.207. The standard InChI is InChI=1S/C19H11Cl4N3/c20-12-8-13(21)17(23)18(16(12)22)26-19(24)25-14-7-6-10-5-4-9-2-1-3-11(14)15(9)10/h1-8H,(H3,24,25,26). The van der Waals surface area contributed by atoms with Crippen LogP contribution in [-0.2, 0) is 0 Å². The number of nitrogens with two attached hydrogens (primary N) is 1. The van der Waals surface area contributed by atoms with Gasteiger partial charge in [0.25, 0.3) is 0 Å². The molecule has 0 unspecified atom stereocenters. The molecule has 0 amide bonds. The Bertz CT molecular complexity index is 1080. The van der Waals surface area contributed by atoms with Crippen molar-refractivity contribution >= 4 is 86.7 Å². The number of guanidine groups is 1. The van der Waals surface area contributed by atoms with Gasteiger partial charge in [0.15, 0.2) is 5.96 Å². The van der Waals surface area contributed by atoms with Crippen molar-refractivity contribution in [3.8, 4) is 0 Å². The lowest BCUT2D eigenvalue weighted by Crippen LogP contribution is -2.22. The van der Waals surface area contributed by atoms with Crippen LogP contribution in [0.3, 0.4) is 0 Å². The Balaban J connectivity index is 1.76. The van der Waals surface area contributed by atoms with Crippen molar-refractivity contribution in [2.24, 2.45) is 10.7 Å². The molecule has 0 radical (unpaired) electrons. The number of nitrogens with one attached hydrogen (secondary N) is 1. The van der Waals surface area contributed by atoms with Gasteiger partial charge in [0.05, 0.1) is 20.1 Å². The number of hydrogen-bond donors (Lipinski definition) is 2. The highest BCUT2D eigenvalue weighted by molar-refractivity contribution is 6.50.